The van der Waals surface area contributed by atoms with Crippen LogP contribution >= 0.6 is 0 Å². The molecular weight excluding hydrogens is 282 g/mol. The molecule has 2 saturated heterocycles. The number of amides is 2. The quantitative estimate of drug-likeness (QED) is 0.833. The number of carbonyl (C=O) groups is 2. The van der Waals surface area contributed by atoms with Gasteiger partial charge in [0.2, 0.25) is 11.8 Å². The Hall–Kier alpha value is -1.95. The standard InChI is InChI=1S/C16H21N3O3/c1-12-9-13(4-5-17-12)14-10-19(7-8-22-14)16(21)11-18-6-2-3-15(18)20/h4-5,9,14H,2-3,6-8,10-11H2,1H3/t14-/m1/s1. The van der Waals surface area contributed by atoms with Crippen LogP contribution in [0.15, 0.2) is 18.3 Å². The number of hydrogen-bond donors (Lipinski definition) is 0. The molecule has 0 spiro atoms. The molecule has 22 heavy (non-hydrogen) atoms. The van der Waals surface area contributed by atoms with Crippen LogP contribution in [0.1, 0.15) is 30.2 Å². The molecule has 0 aliphatic carbocycles. The summed E-state index contributed by atoms with van der Waals surface area (Å²) in [5.74, 6) is 0.0947. The molecule has 3 rings (SSSR count). The fraction of sp³-hybridized carbons (Fsp3) is 0.562. The van der Waals surface area contributed by atoms with Crippen molar-refractivity contribution in [2.75, 3.05) is 32.8 Å². The fourth-order valence-corrected chi connectivity index (χ4v) is 2.98. The minimum absolute atomic E-state index is 0.00864. The number of aryl methyl sites for hydroxylation is 1. The third-order valence-corrected chi connectivity index (χ3v) is 4.21. The van der Waals surface area contributed by atoms with Crippen LogP contribution in [-0.4, -0.2) is 59.4 Å². The van der Waals surface area contributed by atoms with E-state index in [1.54, 1.807) is 16.0 Å². The first-order valence-corrected chi connectivity index (χ1v) is 7.73. The highest BCUT2D eigenvalue weighted by molar-refractivity contribution is 5.86. The van der Waals surface area contributed by atoms with Gasteiger partial charge in [0.1, 0.15) is 6.10 Å². The molecule has 1 atom stereocenters. The van der Waals surface area contributed by atoms with Gasteiger partial charge < -0.3 is 14.5 Å². The first kappa shape index (κ1) is 15.0. The number of pyridine rings is 1. The van der Waals surface area contributed by atoms with Crippen LogP contribution in [0.4, 0.5) is 0 Å². The van der Waals surface area contributed by atoms with E-state index < -0.39 is 0 Å². The second-order valence-corrected chi connectivity index (χ2v) is 5.85. The second kappa shape index (κ2) is 6.44. The van der Waals surface area contributed by atoms with Crippen molar-refractivity contribution in [2.24, 2.45) is 0 Å². The molecule has 3 heterocycles. The van der Waals surface area contributed by atoms with E-state index in [1.807, 2.05) is 19.1 Å². The van der Waals surface area contributed by atoms with Gasteiger partial charge in [-0.2, -0.15) is 0 Å². The van der Waals surface area contributed by atoms with E-state index in [0.29, 0.717) is 32.7 Å². The number of carbonyl (C=O) groups excluding carboxylic acids is 2. The molecule has 2 amide bonds. The Bertz CT molecular complexity index is 576. The maximum Gasteiger partial charge on any atom is 0.242 e. The van der Waals surface area contributed by atoms with Crippen LogP contribution in [0.5, 0.6) is 0 Å². The zero-order valence-electron chi connectivity index (χ0n) is 12.8. The van der Waals surface area contributed by atoms with Crippen molar-refractivity contribution in [3.05, 3.63) is 29.6 Å². The summed E-state index contributed by atoms with van der Waals surface area (Å²) in [6.07, 6.45) is 3.06. The number of morpholine rings is 1. The summed E-state index contributed by atoms with van der Waals surface area (Å²) in [5.41, 5.74) is 1.98. The van der Waals surface area contributed by atoms with Crippen molar-refractivity contribution < 1.29 is 14.3 Å². The Morgan fingerprint density at radius 2 is 2.32 bits per heavy atom. The van der Waals surface area contributed by atoms with Crippen LogP contribution in [0, 0.1) is 6.92 Å². The molecule has 1 aromatic rings. The summed E-state index contributed by atoms with van der Waals surface area (Å²) in [6.45, 7) is 4.47. The van der Waals surface area contributed by atoms with Crippen LogP contribution in [0.25, 0.3) is 0 Å². The lowest BCUT2D eigenvalue weighted by atomic mass is 10.1. The average Bonchev–Trinajstić information content (AvgIpc) is 2.92. The zero-order chi connectivity index (χ0) is 15.5. The number of ether oxygens (including phenoxy) is 1. The van der Waals surface area contributed by atoms with Crippen molar-refractivity contribution in [1.29, 1.82) is 0 Å². The van der Waals surface area contributed by atoms with Crippen molar-refractivity contribution >= 4 is 11.8 Å². The smallest absolute Gasteiger partial charge is 0.242 e. The number of hydrogen-bond acceptors (Lipinski definition) is 4. The monoisotopic (exact) mass is 303 g/mol. The lowest BCUT2D eigenvalue weighted by molar-refractivity contribution is -0.143. The van der Waals surface area contributed by atoms with Gasteiger partial charge in [-0.15, -0.1) is 0 Å². The molecular formula is C16H21N3O3. The van der Waals surface area contributed by atoms with E-state index in [9.17, 15) is 9.59 Å². The third-order valence-electron chi connectivity index (χ3n) is 4.21. The molecule has 0 N–H and O–H groups in total. The molecule has 6 heteroatoms. The molecule has 2 aliphatic rings. The SMILES string of the molecule is Cc1cc([C@H]2CN(C(=O)CN3CCCC3=O)CCO2)ccn1. The Morgan fingerprint density at radius 1 is 1.45 bits per heavy atom. The topological polar surface area (TPSA) is 62.7 Å². The lowest BCUT2D eigenvalue weighted by Crippen LogP contribution is -2.46. The normalized spacial score (nSPS) is 22.2. The van der Waals surface area contributed by atoms with Gasteiger partial charge in [-0.05, 0) is 31.0 Å². The summed E-state index contributed by atoms with van der Waals surface area (Å²) < 4.78 is 5.79. The highest BCUT2D eigenvalue weighted by Crippen LogP contribution is 2.22. The Morgan fingerprint density at radius 3 is 3.05 bits per heavy atom. The Balaban J connectivity index is 1.62. The number of nitrogens with zero attached hydrogens (tertiary/aromatic N) is 3. The predicted molar refractivity (Wildman–Crippen MR) is 80.1 cm³/mol. The van der Waals surface area contributed by atoms with Crippen LogP contribution in [-0.2, 0) is 14.3 Å². The molecule has 6 nitrogen and oxygen atoms in total. The minimum Gasteiger partial charge on any atom is -0.370 e. The van der Waals surface area contributed by atoms with Gasteiger partial charge >= 0.3 is 0 Å². The number of rotatable bonds is 3. The fourth-order valence-electron chi connectivity index (χ4n) is 2.98. The minimum atomic E-state index is -0.117. The molecule has 0 unspecified atom stereocenters. The van der Waals surface area contributed by atoms with Crippen molar-refractivity contribution in [1.82, 2.24) is 14.8 Å². The molecule has 2 aliphatic heterocycles. The van der Waals surface area contributed by atoms with E-state index in [0.717, 1.165) is 17.7 Å². The summed E-state index contributed by atoms with van der Waals surface area (Å²) in [4.78, 5) is 31.7. The molecule has 0 radical (unpaired) electrons. The maximum absolute atomic E-state index is 12.4. The van der Waals surface area contributed by atoms with E-state index in [1.165, 1.54) is 0 Å². The van der Waals surface area contributed by atoms with Gasteiger partial charge in [0.05, 0.1) is 19.7 Å². The van der Waals surface area contributed by atoms with Gasteiger partial charge in [0, 0.05) is 31.4 Å². The third kappa shape index (κ3) is 3.27. The van der Waals surface area contributed by atoms with Gasteiger partial charge in [-0.25, -0.2) is 0 Å². The molecule has 118 valence electrons. The zero-order valence-corrected chi connectivity index (χ0v) is 12.8. The highest BCUT2D eigenvalue weighted by Gasteiger charge is 2.29. The summed E-state index contributed by atoms with van der Waals surface area (Å²) in [7, 11) is 0. The predicted octanol–water partition coefficient (Wildman–Crippen LogP) is 0.912. The molecule has 0 bridgehead atoms. The summed E-state index contributed by atoms with van der Waals surface area (Å²) in [5, 5.41) is 0. The number of likely N-dealkylation sites (tertiary alicyclic amines) is 1. The molecule has 1 aromatic heterocycles. The average molecular weight is 303 g/mol. The van der Waals surface area contributed by atoms with Crippen LogP contribution < -0.4 is 0 Å². The Labute approximate surface area is 130 Å². The lowest BCUT2D eigenvalue weighted by Gasteiger charge is -2.34. The van der Waals surface area contributed by atoms with Crippen molar-refractivity contribution in [2.45, 2.75) is 25.9 Å². The first-order chi connectivity index (χ1) is 10.6. The molecule has 2 fully saturated rings. The second-order valence-electron chi connectivity index (χ2n) is 5.85. The van der Waals surface area contributed by atoms with Crippen molar-refractivity contribution in [3.8, 4) is 0 Å². The van der Waals surface area contributed by atoms with E-state index in [4.69, 9.17) is 4.74 Å². The van der Waals surface area contributed by atoms with Gasteiger partial charge in [0.15, 0.2) is 0 Å². The van der Waals surface area contributed by atoms with Crippen molar-refractivity contribution in [3.63, 3.8) is 0 Å². The van der Waals surface area contributed by atoms with Gasteiger partial charge in [-0.1, -0.05) is 0 Å². The van der Waals surface area contributed by atoms with E-state index >= 15 is 0 Å². The first-order valence-electron chi connectivity index (χ1n) is 7.73. The highest BCUT2D eigenvalue weighted by atomic mass is 16.5. The number of aromatic nitrogens is 1. The van der Waals surface area contributed by atoms with Crippen LogP contribution in [0.2, 0.25) is 0 Å². The Kier molecular flexibility index (Phi) is 4.38. The molecule has 0 saturated carbocycles. The summed E-state index contributed by atoms with van der Waals surface area (Å²) >= 11 is 0. The van der Waals surface area contributed by atoms with Gasteiger partial charge in [0.25, 0.3) is 0 Å². The summed E-state index contributed by atoms with van der Waals surface area (Å²) in [6, 6.07) is 3.91. The van der Waals surface area contributed by atoms with E-state index in [2.05, 4.69) is 4.98 Å². The van der Waals surface area contributed by atoms with Crippen LogP contribution in [0.3, 0.4) is 0 Å². The van der Waals surface area contributed by atoms with E-state index in [-0.39, 0.29) is 24.5 Å². The van der Waals surface area contributed by atoms with Gasteiger partial charge in [-0.3, -0.25) is 14.6 Å². The maximum atomic E-state index is 12.4. The molecule has 0 aromatic carbocycles. The largest absolute Gasteiger partial charge is 0.370 e.